The van der Waals surface area contributed by atoms with Crippen molar-refractivity contribution in [2.45, 2.75) is 44.6 Å². The number of nitrogens with zero attached hydrogens (tertiary/aromatic N) is 2. The lowest BCUT2D eigenvalue weighted by molar-refractivity contribution is 0.299. The molecule has 0 spiro atoms. The molecule has 5 nitrogen and oxygen atoms in total. The average Bonchev–Trinajstić information content (AvgIpc) is 2.97. The lowest BCUT2D eigenvalue weighted by atomic mass is 9.86. The minimum Gasteiger partial charge on any atom is -0.469 e. The van der Waals surface area contributed by atoms with Crippen LogP contribution < -0.4 is 5.73 Å². The maximum absolute atomic E-state index is 5.98. The third-order valence-electron chi connectivity index (χ3n) is 3.61. The molecule has 0 amide bonds. The molecule has 0 aromatic carbocycles. The molecule has 18 heavy (non-hydrogen) atoms. The number of hydrogen-bond acceptors (Lipinski definition) is 5. The molecule has 0 saturated heterocycles. The van der Waals surface area contributed by atoms with Crippen LogP contribution in [0.2, 0.25) is 0 Å². The number of nitrogens with two attached hydrogens (primary N) is 1. The zero-order valence-electron chi connectivity index (χ0n) is 10.4. The molecule has 0 aliphatic heterocycles. The van der Waals surface area contributed by atoms with Gasteiger partial charge < -0.3 is 14.7 Å². The fraction of sp³-hybridized carbons (Fsp3) is 0.538. The van der Waals surface area contributed by atoms with E-state index in [1.807, 2.05) is 13.0 Å². The topological polar surface area (TPSA) is 78.1 Å². The second-order valence-corrected chi connectivity index (χ2v) is 4.97. The summed E-state index contributed by atoms with van der Waals surface area (Å²) in [5, 5.41) is 4.03. The van der Waals surface area contributed by atoms with Crippen LogP contribution >= 0.6 is 0 Å². The highest BCUT2D eigenvalue weighted by Crippen LogP contribution is 2.32. The van der Waals surface area contributed by atoms with Crippen molar-refractivity contribution < 1.29 is 8.94 Å². The van der Waals surface area contributed by atoms with E-state index in [9.17, 15) is 0 Å². The summed E-state index contributed by atoms with van der Waals surface area (Å²) in [5.74, 6) is 2.43. The van der Waals surface area contributed by atoms with E-state index in [-0.39, 0.29) is 6.04 Å². The van der Waals surface area contributed by atoms with E-state index in [0.717, 1.165) is 37.0 Å². The van der Waals surface area contributed by atoms with Gasteiger partial charge in [-0.15, -0.1) is 0 Å². The lowest BCUT2D eigenvalue weighted by Crippen LogP contribution is -2.26. The molecule has 2 N–H and O–H groups in total. The highest BCUT2D eigenvalue weighted by Gasteiger charge is 2.26. The molecule has 1 fully saturated rings. The van der Waals surface area contributed by atoms with Crippen LogP contribution in [0.1, 0.15) is 43.3 Å². The van der Waals surface area contributed by atoms with Crippen molar-refractivity contribution in [2.75, 3.05) is 0 Å². The van der Waals surface area contributed by atoms with Gasteiger partial charge in [-0.1, -0.05) is 11.6 Å². The summed E-state index contributed by atoms with van der Waals surface area (Å²) in [5.41, 5.74) is 6.88. The largest absolute Gasteiger partial charge is 0.469 e. The zero-order valence-corrected chi connectivity index (χ0v) is 10.4. The first-order chi connectivity index (χ1) is 8.74. The second kappa shape index (κ2) is 4.57. The Hall–Kier alpha value is -1.62. The third kappa shape index (κ3) is 2.06. The number of aromatic nitrogens is 2. The summed E-state index contributed by atoms with van der Waals surface area (Å²) < 4.78 is 10.6. The molecule has 3 rings (SSSR count). The summed E-state index contributed by atoms with van der Waals surface area (Å²) in [6.07, 6.45) is 5.88. The number of furan rings is 1. The van der Waals surface area contributed by atoms with Crippen molar-refractivity contribution in [3.05, 3.63) is 24.0 Å². The predicted molar refractivity (Wildman–Crippen MR) is 65.9 cm³/mol. The van der Waals surface area contributed by atoms with Gasteiger partial charge in [0.15, 0.2) is 0 Å². The Morgan fingerprint density at radius 2 is 2.28 bits per heavy atom. The molecule has 2 heterocycles. The molecule has 0 bridgehead atoms. The van der Waals surface area contributed by atoms with E-state index in [2.05, 4.69) is 10.1 Å². The monoisotopic (exact) mass is 247 g/mol. The minimum atomic E-state index is 0.259. The highest BCUT2D eigenvalue weighted by molar-refractivity contribution is 5.56. The van der Waals surface area contributed by atoms with E-state index >= 15 is 0 Å². The fourth-order valence-electron chi connectivity index (χ4n) is 2.58. The van der Waals surface area contributed by atoms with Gasteiger partial charge in [-0.05, 0) is 32.3 Å². The van der Waals surface area contributed by atoms with Gasteiger partial charge in [0, 0.05) is 12.0 Å². The van der Waals surface area contributed by atoms with Gasteiger partial charge in [0.2, 0.25) is 11.7 Å². The Morgan fingerprint density at radius 3 is 3.00 bits per heavy atom. The van der Waals surface area contributed by atoms with Crippen molar-refractivity contribution >= 4 is 0 Å². The lowest BCUT2D eigenvalue weighted by Gasteiger charge is -2.23. The zero-order chi connectivity index (χ0) is 12.5. The Kier molecular flexibility index (Phi) is 2.91. The molecular formula is C13H17N3O2. The first-order valence-corrected chi connectivity index (χ1v) is 6.37. The number of hydrogen-bond donors (Lipinski definition) is 1. The van der Waals surface area contributed by atoms with E-state index < -0.39 is 0 Å². The van der Waals surface area contributed by atoms with Crippen molar-refractivity contribution in [1.29, 1.82) is 0 Å². The standard InChI is InChI=1S/C13H17N3O2/c1-8-11(5-6-17-8)12-15-13(18-16-12)9-3-2-4-10(14)7-9/h5-6,9-10H,2-4,7,14H2,1H3. The highest BCUT2D eigenvalue weighted by atomic mass is 16.5. The van der Waals surface area contributed by atoms with Gasteiger partial charge in [0.05, 0.1) is 11.8 Å². The molecule has 1 aliphatic carbocycles. The first-order valence-electron chi connectivity index (χ1n) is 6.37. The van der Waals surface area contributed by atoms with E-state index in [4.69, 9.17) is 14.7 Å². The molecule has 2 aromatic rings. The van der Waals surface area contributed by atoms with Gasteiger partial charge in [-0.2, -0.15) is 4.98 Å². The van der Waals surface area contributed by atoms with E-state index in [1.165, 1.54) is 0 Å². The predicted octanol–water partition coefficient (Wildman–Crippen LogP) is 2.62. The normalized spacial score (nSPS) is 24.3. The number of rotatable bonds is 2. The molecule has 5 heteroatoms. The second-order valence-electron chi connectivity index (χ2n) is 4.97. The maximum atomic E-state index is 5.98. The Balaban J connectivity index is 1.83. The minimum absolute atomic E-state index is 0.259. The van der Waals surface area contributed by atoms with Crippen LogP contribution in [0.25, 0.3) is 11.4 Å². The van der Waals surface area contributed by atoms with Crippen LogP contribution in [0.3, 0.4) is 0 Å². The van der Waals surface area contributed by atoms with Crippen LogP contribution in [0.5, 0.6) is 0 Å². The van der Waals surface area contributed by atoms with Crippen LogP contribution in [0.4, 0.5) is 0 Å². The van der Waals surface area contributed by atoms with Crippen LogP contribution in [0.15, 0.2) is 21.3 Å². The molecule has 2 aromatic heterocycles. The third-order valence-corrected chi connectivity index (χ3v) is 3.61. The fourth-order valence-corrected chi connectivity index (χ4v) is 2.58. The summed E-state index contributed by atoms with van der Waals surface area (Å²) in [7, 11) is 0. The quantitative estimate of drug-likeness (QED) is 0.882. The Bertz CT molecular complexity index is 532. The number of aryl methyl sites for hydroxylation is 1. The smallest absolute Gasteiger partial charge is 0.230 e. The Morgan fingerprint density at radius 1 is 1.39 bits per heavy atom. The van der Waals surface area contributed by atoms with Crippen molar-refractivity contribution in [2.24, 2.45) is 5.73 Å². The van der Waals surface area contributed by atoms with Gasteiger partial charge in [0.25, 0.3) is 0 Å². The van der Waals surface area contributed by atoms with Crippen LogP contribution in [0, 0.1) is 6.92 Å². The van der Waals surface area contributed by atoms with Gasteiger partial charge >= 0.3 is 0 Å². The molecule has 0 radical (unpaired) electrons. The summed E-state index contributed by atoms with van der Waals surface area (Å²) >= 11 is 0. The summed E-state index contributed by atoms with van der Waals surface area (Å²) in [4.78, 5) is 4.48. The van der Waals surface area contributed by atoms with Crippen molar-refractivity contribution in [1.82, 2.24) is 10.1 Å². The van der Waals surface area contributed by atoms with Crippen LogP contribution in [-0.4, -0.2) is 16.2 Å². The molecule has 1 aliphatic rings. The van der Waals surface area contributed by atoms with Gasteiger partial charge in [-0.25, -0.2) is 0 Å². The van der Waals surface area contributed by atoms with Gasteiger partial charge in [0.1, 0.15) is 5.76 Å². The van der Waals surface area contributed by atoms with E-state index in [0.29, 0.717) is 17.6 Å². The van der Waals surface area contributed by atoms with Gasteiger partial charge in [-0.3, -0.25) is 0 Å². The maximum Gasteiger partial charge on any atom is 0.230 e. The van der Waals surface area contributed by atoms with Crippen molar-refractivity contribution in [3.8, 4) is 11.4 Å². The first kappa shape index (κ1) is 11.5. The molecule has 2 atom stereocenters. The molecule has 1 saturated carbocycles. The Labute approximate surface area is 105 Å². The van der Waals surface area contributed by atoms with Crippen LogP contribution in [-0.2, 0) is 0 Å². The SMILES string of the molecule is Cc1occc1-c1noc(C2CCCC(N)C2)n1. The molecule has 96 valence electrons. The van der Waals surface area contributed by atoms with Crippen molar-refractivity contribution in [3.63, 3.8) is 0 Å². The molecular weight excluding hydrogens is 230 g/mol. The average molecular weight is 247 g/mol. The van der Waals surface area contributed by atoms with E-state index in [1.54, 1.807) is 6.26 Å². The summed E-state index contributed by atoms with van der Waals surface area (Å²) in [6, 6.07) is 2.12. The summed E-state index contributed by atoms with van der Waals surface area (Å²) in [6.45, 7) is 1.89. The molecule has 2 unspecified atom stereocenters.